The molecule has 0 spiro atoms. The van der Waals surface area contributed by atoms with Gasteiger partial charge in [0.25, 0.3) is 0 Å². The van der Waals surface area contributed by atoms with E-state index in [2.05, 4.69) is 21.3 Å². The topological polar surface area (TPSA) is 209 Å². The van der Waals surface area contributed by atoms with Crippen molar-refractivity contribution in [2.24, 2.45) is 0 Å². The highest BCUT2D eigenvalue weighted by Crippen LogP contribution is 2.13. The zero-order chi connectivity index (χ0) is 35.7. The molecule has 0 aromatic rings. The van der Waals surface area contributed by atoms with Gasteiger partial charge in [-0.15, -0.1) is 0 Å². The first-order valence-electron chi connectivity index (χ1n) is 17.8. The molecule has 0 aromatic carbocycles. The minimum absolute atomic E-state index is 0.0230. The summed E-state index contributed by atoms with van der Waals surface area (Å²) in [4.78, 5) is 68.9. The van der Waals surface area contributed by atoms with Gasteiger partial charge in [0.1, 0.15) is 12.6 Å². The van der Waals surface area contributed by atoms with E-state index in [1.165, 1.54) is 58.4 Å². The van der Waals surface area contributed by atoms with Gasteiger partial charge in [-0.25, -0.2) is 0 Å². The number of likely N-dealkylation sites (N-methyl/N-ethyl adjacent to an activating group) is 1. The number of carboxylic acids is 2. The van der Waals surface area contributed by atoms with Crippen LogP contribution in [0.15, 0.2) is 0 Å². The molecule has 0 bridgehead atoms. The Balaban J connectivity index is 3.51. The van der Waals surface area contributed by atoms with Gasteiger partial charge in [0.15, 0.2) is 0 Å². The lowest BCUT2D eigenvalue weighted by Crippen LogP contribution is -2.47. The van der Waals surface area contributed by atoms with Gasteiger partial charge in [-0.1, -0.05) is 77.0 Å². The lowest BCUT2D eigenvalue weighted by Gasteiger charge is -2.16. The van der Waals surface area contributed by atoms with Crippen LogP contribution in [0.3, 0.4) is 0 Å². The molecule has 0 aliphatic rings. The van der Waals surface area contributed by atoms with E-state index >= 15 is 0 Å². The number of carboxylic acid groups (broad SMARTS) is 2. The predicted molar refractivity (Wildman–Crippen MR) is 181 cm³/mol. The standard InChI is InChI=1S/C34H62N4O10/c1-35-34(46)28(20-21-33(44)45)38-31(41)27-48-26-25-47-24-23-37-30(40)18-16-22-36-29(39)17-14-12-10-8-6-4-2-3-5-7-9-11-13-15-19-32(42)43/h28H,2-27H2,1H3,(H,35,46)(H,36,39)(H,37,40)(H,38,41)(H,42,43)(H,44,45). The van der Waals surface area contributed by atoms with Crippen LogP contribution in [-0.4, -0.2) is 98.4 Å². The molecule has 0 aromatic heterocycles. The molecule has 1 unspecified atom stereocenters. The van der Waals surface area contributed by atoms with Gasteiger partial charge in [0.2, 0.25) is 23.6 Å². The van der Waals surface area contributed by atoms with Gasteiger partial charge in [-0.05, 0) is 25.7 Å². The monoisotopic (exact) mass is 686 g/mol. The van der Waals surface area contributed by atoms with E-state index in [9.17, 15) is 28.8 Å². The second-order valence-electron chi connectivity index (χ2n) is 12.0. The highest BCUT2D eigenvalue weighted by molar-refractivity contribution is 5.88. The average Bonchev–Trinajstić information content (AvgIpc) is 3.05. The second-order valence-corrected chi connectivity index (χ2v) is 12.0. The van der Waals surface area contributed by atoms with Crippen molar-refractivity contribution in [2.45, 2.75) is 134 Å². The van der Waals surface area contributed by atoms with Crippen molar-refractivity contribution in [3.05, 3.63) is 0 Å². The molecule has 4 amide bonds. The molecule has 0 heterocycles. The van der Waals surface area contributed by atoms with E-state index in [1.54, 1.807) is 0 Å². The fraction of sp³-hybridized carbons (Fsp3) is 0.824. The maximum Gasteiger partial charge on any atom is 0.303 e. The molecule has 14 nitrogen and oxygen atoms in total. The number of nitrogens with one attached hydrogen (secondary N) is 4. The van der Waals surface area contributed by atoms with Crippen LogP contribution in [0.5, 0.6) is 0 Å². The number of unbranched alkanes of at least 4 members (excludes halogenated alkanes) is 13. The van der Waals surface area contributed by atoms with Crippen molar-refractivity contribution < 1.29 is 48.5 Å². The molecule has 0 aliphatic heterocycles. The zero-order valence-corrected chi connectivity index (χ0v) is 29.1. The molecule has 1 atom stereocenters. The minimum atomic E-state index is -1.06. The first kappa shape index (κ1) is 44.7. The fourth-order valence-electron chi connectivity index (χ4n) is 4.93. The maximum absolute atomic E-state index is 12.0. The van der Waals surface area contributed by atoms with E-state index in [-0.39, 0.29) is 57.5 Å². The van der Waals surface area contributed by atoms with Crippen molar-refractivity contribution in [3.8, 4) is 0 Å². The molecule has 6 N–H and O–H groups in total. The molecule has 0 rings (SSSR count). The molecule has 0 saturated heterocycles. The molecule has 0 aliphatic carbocycles. The molecule has 0 radical (unpaired) electrons. The molecule has 0 saturated carbocycles. The van der Waals surface area contributed by atoms with E-state index in [4.69, 9.17) is 19.7 Å². The van der Waals surface area contributed by atoms with E-state index < -0.39 is 29.8 Å². The predicted octanol–water partition coefficient (Wildman–Crippen LogP) is 3.45. The number of hydrogen-bond acceptors (Lipinski definition) is 8. The Morgan fingerprint density at radius 2 is 0.979 bits per heavy atom. The maximum atomic E-state index is 12.0. The summed E-state index contributed by atoms with van der Waals surface area (Å²) in [6.45, 7) is 1.08. The van der Waals surface area contributed by atoms with Gasteiger partial charge < -0.3 is 41.0 Å². The number of amides is 4. The first-order chi connectivity index (χ1) is 23.1. The number of rotatable bonds is 34. The lowest BCUT2D eigenvalue weighted by molar-refractivity contribution is -0.138. The average molecular weight is 687 g/mol. The SMILES string of the molecule is CNC(=O)C(CCC(=O)O)NC(=O)COCCOCCNC(=O)CCCNC(=O)CCCCCCCCCCCCCCCCC(=O)O. The molecule has 48 heavy (non-hydrogen) atoms. The zero-order valence-electron chi connectivity index (χ0n) is 29.1. The summed E-state index contributed by atoms with van der Waals surface area (Å²) >= 11 is 0. The highest BCUT2D eigenvalue weighted by atomic mass is 16.5. The van der Waals surface area contributed by atoms with Crippen molar-refractivity contribution in [2.75, 3.05) is 46.6 Å². The van der Waals surface area contributed by atoms with Gasteiger partial charge in [-0.3, -0.25) is 28.8 Å². The normalized spacial score (nSPS) is 11.4. The summed E-state index contributed by atoms with van der Waals surface area (Å²) in [5.41, 5.74) is 0. The van der Waals surface area contributed by atoms with Gasteiger partial charge in [0.05, 0.1) is 19.8 Å². The third-order valence-electron chi connectivity index (χ3n) is 7.67. The fourth-order valence-corrected chi connectivity index (χ4v) is 4.93. The largest absolute Gasteiger partial charge is 0.481 e. The van der Waals surface area contributed by atoms with Crippen molar-refractivity contribution in [3.63, 3.8) is 0 Å². The van der Waals surface area contributed by atoms with Crippen LogP contribution < -0.4 is 21.3 Å². The van der Waals surface area contributed by atoms with E-state index in [1.807, 2.05) is 0 Å². The van der Waals surface area contributed by atoms with Gasteiger partial charge in [-0.2, -0.15) is 0 Å². The van der Waals surface area contributed by atoms with Crippen molar-refractivity contribution in [1.29, 1.82) is 0 Å². The van der Waals surface area contributed by atoms with Crippen LogP contribution >= 0.6 is 0 Å². The van der Waals surface area contributed by atoms with Crippen molar-refractivity contribution in [1.82, 2.24) is 21.3 Å². The Hall–Kier alpha value is -3.26. The third kappa shape index (κ3) is 31.3. The molecule has 0 fully saturated rings. The van der Waals surface area contributed by atoms with E-state index in [0.717, 1.165) is 38.5 Å². The molecular weight excluding hydrogens is 624 g/mol. The summed E-state index contributed by atoms with van der Waals surface area (Å²) in [6, 6.07) is -0.955. The molecule has 14 heteroatoms. The summed E-state index contributed by atoms with van der Waals surface area (Å²) < 4.78 is 10.6. The Labute approximate surface area is 286 Å². The number of carbonyl (C=O) groups is 6. The molecular formula is C34H62N4O10. The van der Waals surface area contributed by atoms with Crippen LogP contribution in [0.4, 0.5) is 0 Å². The Morgan fingerprint density at radius 3 is 1.50 bits per heavy atom. The van der Waals surface area contributed by atoms with Crippen LogP contribution in [0.1, 0.15) is 128 Å². The second kappa shape index (κ2) is 32.3. The Kier molecular flexibility index (Phi) is 30.1. The summed E-state index contributed by atoms with van der Waals surface area (Å²) in [5.74, 6) is -2.89. The van der Waals surface area contributed by atoms with E-state index in [0.29, 0.717) is 32.4 Å². The Bertz CT molecular complexity index is 903. The van der Waals surface area contributed by atoms with Crippen LogP contribution in [0.25, 0.3) is 0 Å². The summed E-state index contributed by atoms with van der Waals surface area (Å²) in [7, 11) is 1.40. The van der Waals surface area contributed by atoms with Crippen LogP contribution in [0, 0.1) is 0 Å². The number of hydrogen-bond donors (Lipinski definition) is 6. The molecule has 278 valence electrons. The summed E-state index contributed by atoms with van der Waals surface area (Å²) in [5, 5.41) is 27.8. The quantitative estimate of drug-likeness (QED) is 0.0543. The van der Waals surface area contributed by atoms with Crippen LogP contribution in [0.2, 0.25) is 0 Å². The summed E-state index contributed by atoms with van der Waals surface area (Å²) in [6.07, 6.45) is 17.4. The number of ether oxygens (including phenoxy) is 2. The Morgan fingerprint density at radius 1 is 0.521 bits per heavy atom. The number of carbonyl (C=O) groups excluding carboxylic acids is 4. The van der Waals surface area contributed by atoms with Gasteiger partial charge in [0, 0.05) is 45.8 Å². The first-order valence-corrected chi connectivity index (χ1v) is 17.8. The van der Waals surface area contributed by atoms with Gasteiger partial charge >= 0.3 is 11.9 Å². The highest BCUT2D eigenvalue weighted by Gasteiger charge is 2.20. The van der Waals surface area contributed by atoms with Crippen LogP contribution in [-0.2, 0) is 38.2 Å². The third-order valence-corrected chi connectivity index (χ3v) is 7.67. The minimum Gasteiger partial charge on any atom is -0.481 e. The van der Waals surface area contributed by atoms with Crippen molar-refractivity contribution >= 4 is 35.6 Å². The number of aliphatic carboxylic acids is 2. The lowest BCUT2D eigenvalue weighted by atomic mass is 10.0. The smallest absolute Gasteiger partial charge is 0.303 e.